The van der Waals surface area contributed by atoms with Crippen molar-refractivity contribution in [2.24, 2.45) is 0 Å². The first-order valence-corrected chi connectivity index (χ1v) is 11.1. The summed E-state index contributed by atoms with van der Waals surface area (Å²) in [4.78, 5) is 0. The molecule has 0 amide bonds. The van der Waals surface area contributed by atoms with Crippen LogP contribution in [-0.2, 0) is 0 Å². The Balaban J connectivity index is 5.29. The first-order chi connectivity index (χ1) is 12.0. The van der Waals surface area contributed by atoms with E-state index in [1.54, 1.807) is 0 Å². The Hall–Kier alpha value is -0.160. The number of unbranched alkanes of at least 4 members (excludes halogenated alkanes) is 5. The van der Waals surface area contributed by atoms with Crippen LogP contribution in [0.1, 0.15) is 107 Å². The molecule has 0 aromatic heterocycles. The highest BCUT2D eigenvalue weighted by atomic mass is 15.4. The Labute approximate surface area is 165 Å². The van der Waals surface area contributed by atoms with E-state index in [1.165, 1.54) is 44.9 Å². The van der Waals surface area contributed by atoms with E-state index in [0.29, 0.717) is 6.04 Å². The summed E-state index contributed by atoms with van der Waals surface area (Å²) in [6, 6.07) is 0.331. The van der Waals surface area contributed by atoms with Gasteiger partial charge in [-0.1, -0.05) is 59.3 Å². The van der Waals surface area contributed by atoms with E-state index in [0.717, 1.165) is 13.1 Å². The molecule has 26 heavy (non-hydrogen) atoms. The molecule has 0 aliphatic carbocycles. The van der Waals surface area contributed by atoms with Gasteiger partial charge < -0.3 is 5.32 Å². The fraction of sp³-hybridized carbons (Fsp3) is 1.00. The lowest BCUT2D eigenvalue weighted by Crippen LogP contribution is -2.80. The maximum absolute atomic E-state index is 3.89. The second-order valence-electron chi connectivity index (χ2n) is 9.76. The van der Waals surface area contributed by atoms with Crippen LogP contribution in [0.5, 0.6) is 0 Å². The number of hydrogen-bond acceptors (Lipinski definition) is 4. The quantitative estimate of drug-likeness (QED) is 0.263. The Morgan fingerprint density at radius 1 is 0.654 bits per heavy atom. The number of hydrogen-bond donors (Lipinski definition) is 4. The van der Waals surface area contributed by atoms with Crippen molar-refractivity contribution in [1.29, 1.82) is 0 Å². The maximum Gasteiger partial charge on any atom is 0.140 e. The summed E-state index contributed by atoms with van der Waals surface area (Å²) >= 11 is 0. The van der Waals surface area contributed by atoms with Gasteiger partial charge >= 0.3 is 0 Å². The van der Waals surface area contributed by atoms with Crippen molar-refractivity contribution in [2.45, 2.75) is 130 Å². The van der Waals surface area contributed by atoms with Crippen LogP contribution in [0.4, 0.5) is 0 Å². The molecule has 1 atom stereocenters. The molecular weight excluding hydrogens is 320 g/mol. The molecule has 4 N–H and O–H groups in total. The summed E-state index contributed by atoms with van der Waals surface area (Å²) in [5, 5.41) is 15.3. The fourth-order valence-corrected chi connectivity index (χ4v) is 3.73. The van der Waals surface area contributed by atoms with E-state index in [9.17, 15) is 0 Å². The van der Waals surface area contributed by atoms with Crippen molar-refractivity contribution in [3.63, 3.8) is 0 Å². The van der Waals surface area contributed by atoms with E-state index in [-0.39, 0.29) is 16.9 Å². The van der Waals surface area contributed by atoms with Gasteiger partial charge in [0.1, 0.15) is 5.79 Å². The molecule has 0 aromatic rings. The molecule has 0 aromatic carbocycles. The molecule has 0 fully saturated rings. The minimum absolute atomic E-state index is 0.00914. The van der Waals surface area contributed by atoms with Crippen molar-refractivity contribution in [3.8, 4) is 0 Å². The van der Waals surface area contributed by atoms with Gasteiger partial charge in [0, 0.05) is 11.1 Å². The van der Waals surface area contributed by atoms with Crippen LogP contribution in [0, 0.1) is 0 Å². The predicted octanol–water partition coefficient (Wildman–Crippen LogP) is 4.75. The Bertz CT molecular complexity index is 325. The van der Waals surface area contributed by atoms with E-state index in [1.807, 2.05) is 0 Å². The largest absolute Gasteiger partial charge is 0.310 e. The zero-order valence-corrected chi connectivity index (χ0v) is 19.4. The molecule has 0 heterocycles. The van der Waals surface area contributed by atoms with Gasteiger partial charge in [-0.2, -0.15) is 0 Å². The van der Waals surface area contributed by atoms with E-state index < -0.39 is 0 Å². The highest BCUT2D eigenvalue weighted by Gasteiger charge is 2.42. The molecule has 0 rings (SSSR count). The van der Waals surface area contributed by atoms with E-state index >= 15 is 0 Å². The average Bonchev–Trinajstić information content (AvgIpc) is 2.46. The lowest BCUT2D eigenvalue weighted by molar-refractivity contribution is 0.0674. The van der Waals surface area contributed by atoms with Crippen LogP contribution >= 0.6 is 0 Å². The van der Waals surface area contributed by atoms with Crippen LogP contribution in [0.15, 0.2) is 0 Å². The predicted molar refractivity (Wildman–Crippen MR) is 118 cm³/mol. The minimum Gasteiger partial charge on any atom is -0.310 e. The molecule has 0 saturated heterocycles. The summed E-state index contributed by atoms with van der Waals surface area (Å²) in [6.07, 6.45) is 9.19. The van der Waals surface area contributed by atoms with Crippen molar-refractivity contribution < 1.29 is 0 Å². The normalized spacial score (nSPS) is 14.7. The number of rotatable bonds is 14. The topological polar surface area (TPSA) is 48.1 Å². The van der Waals surface area contributed by atoms with Gasteiger partial charge in [0.15, 0.2) is 0 Å². The van der Waals surface area contributed by atoms with Crippen LogP contribution in [0.2, 0.25) is 0 Å². The average molecular weight is 371 g/mol. The highest BCUT2D eigenvalue weighted by Crippen LogP contribution is 2.20. The van der Waals surface area contributed by atoms with Crippen LogP contribution in [-0.4, -0.2) is 36.0 Å². The number of likely N-dealkylation sites (N-methyl/N-ethyl adjacent to an activating group) is 2. The van der Waals surface area contributed by atoms with E-state index in [2.05, 4.69) is 83.6 Å². The molecular formula is C22H50N4. The second-order valence-corrected chi connectivity index (χ2v) is 9.76. The second kappa shape index (κ2) is 12.3. The van der Waals surface area contributed by atoms with Crippen LogP contribution in [0.25, 0.3) is 0 Å². The Morgan fingerprint density at radius 3 is 1.58 bits per heavy atom. The summed E-state index contributed by atoms with van der Waals surface area (Å²) in [7, 11) is 0. The van der Waals surface area contributed by atoms with Gasteiger partial charge in [-0.25, -0.2) is 0 Å². The SMILES string of the molecule is CCCCCCCCC(NCC)C(NCC)(NC(C)(C)C)NC(C)(C)C. The van der Waals surface area contributed by atoms with E-state index in [4.69, 9.17) is 0 Å². The summed E-state index contributed by atoms with van der Waals surface area (Å²) in [5.74, 6) is -0.329. The molecule has 0 aliphatic heterocycles. The highest BCUT2D eigenvalue weighted by molar-refractivity contribution is 5.01. The third-order valence-electron chi connectivity index (χ3n) is 4.42. The molecule has 4 nitrogen and oxygen atoms in total. The smallest absolute Gasteiger partial charge is 0.140 e. The molecule has 0 bridgehead atoms. The first-order valence-electron chi connectivity index (χ1n) is 11.1. The zero-order valence-electron chi connectivity index (χ0n) is 19.4. The van der Waals surface area contributed by atoms with Crippen molar-refractivity contribution in [1.82, 2.24) is 21.3 Å². The molecule has 0 spiro atoms. The molecule has 158 valence electrons. The monoisotopic (exact) mass is 370 g/mol. The lowest BCUT2D eigenvalue weighted by Gasteiger charge is -2.50. The zero-order chi connectivity index (χ0) is 20.3. The molecule has 4 heteroatoms. The summed E-state index contributed by atoms with van der Waals surface area (Å²) in [6.45, 7) is 22.1. The third kappa shape index (κ3) is 11.5. The minimum atomic E-state index is -0.329. The van der Waals surface area contributed by atoms with Crippen LogP contribution in [0.3, 0.4) is 0 Å². The molecule has 1 unspecified atom stereocenters. The molecule has 0 saturated carbocycles. The van der Waals surface area contributed by atoms with Gasteiger partial charge in [-0.3, -0.25) is 16.0 Å². The molecule has 0 aliphatic rings. The van der Waals surface area contributed by atoms with Gasteiger partial charge in [0.25, 0.3) is 0 Å². The fourth-order valence-electron chi connectivity index (χ4n) is 3.73. The van der Waals surface area contributed by atoms with Crippen molar-refractivity contribution >= 4 is 0 Å². The first kappa shape index (κ1) is 25.8. The van der Waals surface area contributed by atoms with Gasteiger partial charge in [0.2, 0.25) is 0 Å². The maximum atomic E-state index is 3.89. The Morgan fingerprint density at radius 2 is 1.15 bits per heavy atom. The van der Waals surface area contributed by atoms with Crippen molar-refractivity contribution in [3.05, 3.63) is 0 Å². The number of nitrogens with one attached hydrogen (secondary N) is 4. The summed E-state index contributed by atoms with van der Waals surface area (Å²) in [5.41, 5.74) is 0.0183. The van der Waals surface area contributed by atoms with Crippen molar-refractivity contribution in [2.75, 3.05) is 13.1 Å². The standard InChI is InChI=1S/C22H50N4/c1-10-13-14-15-16-17-18-19(23-11-2)22(24-12-3,25-20(4,5)6)26-21(7,8)9/h19,23-26H,10-18H2,1-9H3. The van der Waals surface area contributed by atoms with Gasteiger partial charge in [-0.15, -0.1) is 0 Å². The lowest BCUT2D eigenvalue weighted by atomic mass is 9.94. The Kier molecular flexibility index (Phi) is 12.3. The van der Waals surface area contributed by atoms with Gasteiger partial charge in [-0.05, 0) is 61.1 Å². The molecule has 0 radical (unpaired) electrons. The summed E-state index contributed by atoms with van der Waals surface area (Å²) < 4.78 is 0. The van der Waals surface area contributed by atoms with Crippen LogP contribution < -0.4 is 21.3 Å². The van der Waals surface area contributed by atoms with Gasteiger partial charge in [0.05, 0.1) is 6.04 Å². The third-order valence-corrected chi connectivity index (χ3v) is 4.42.